The van der Waals surface area contributed by atoms with E-state index in [0.717, 1.165) is 36.4 Å². The molecule has 0 saturated heterocycles. The van der Waals surface area contributed by atoms with E-state index < -0.39 is 33.2 Å². The van der Waals surface area contributed by atoms with Gasteiger partial charge in [0.25, 0.3) is 17.3 Å². The van der Waals surface area contributed by atoms with Crippen LogP contribution in [0.15, 0.2) is 77.2 Å². The zero-order chi connectivity index (χ0) is 29.0. The van der Waals surface area contributed by atoms with E-state index in [1.54, 1.807) is 0 Å². The summed E-state index contributed by atoms with van der Waals surface area (Å²) in [5.74, 6) is -1.09. The molecule has 0 aliphatic heterocycles. The third kappa shape index (κ3) is 6.85. The number of carbonyl (C=O) groups is 1. The average Bonchev–Trinajstić information content (AvgIpc) is 3.37. The molecule has 1 N–H and O–H groups in total. The summed E-state index contributed by atoms with van der Waals surface area (Å²) in [5, 5.41) is 24.6. The molecule has 0 bridgehead atoms. The van der Waals surface area contributed by atoms with Gasteiger partial charge in [0, 0.05) is 24.3 Å². The van der Waals surface area contributed by atoms with Gasteiger partial charge in [-0.15, -0.1) is 0 Å². The van der Waals surface area contributed by atoms with Gasteiger partial charge >= 0.3 is 6.18 Å². The number of nitrogens with zero attached hydrogens (tertiary/aromatic N) is 2. The predicted octanol–water partition coefficient (Wildman–Crippen LogP) is 7.39. The highest BCUT2D eigenvalue weighted by atomic mass is 35.5. The van der Waals surface area contributed by atoms with Gasteiger partial charge in [0.2, 0.25) is 0 Å². The van der Waals surface area contributed by atoms with Crippen LogP contribution in [-0.4, -0.2) is 15.8 Å². The van der Waals surface area contributed by atoms with E-state index in [1.807, 2.05) is 0 Å². The van der Waals surface area contributed by atoms with Crippen LogP contribution in [0.5, 0.6) is 17.2 Å². The van der Waals surface area contributed by atoms with Gasteiger partial charge in [0.1, 0.15) is 29.6 Å². The average molecular weight is 578 g/mol. The summed E-state index contributed by atoms with van der Waals surface area (Å²) in [5.41, 5.74) is -1.78. The van der Waals surface area contributed by atoms with Crippen LogP contribution in [0.25, 0.3) is 0 Å². The largest absolute Gasteiger partial charge is 0.484 e. The molecule has 4 rings (SSSR count). The second-order valence-corrected chi connectivity index (χ2v) is 8.39. The molecule has 1 aromatic heterocycles. The lowest BCUT2D eigenvalue weighted by atomic mass is 10.2. The van der Waals surface area contributed by atoms with Crippen LogP contribution in [0.4, 0.5) is 30.2 Å². The Bertz CT molecular complexity index is 1610. The molecule has 40 heavy (non-hydrogen) atoms. The van der Waals surface area contributed by atoms with Crippen molar-refractivity contribution in [1.82, 2.24) is 0 Å². The Morgan fingerprint density at radius 2 is 1.68 bits per heavy atom. The van der Waals surface area contributed by atoms with Crippen molar-refractivity contribution < 1.29 is 41.7 Å². The first kappa shape index (κ1) is 27.9. The zero-order valence-electron chi connectivity index (χ0n) is 19.8. The molecule has 4 aromatic rings. The molecular weight excluding hydrogens is 563 g/mol. The molecular formula is C25H15ClF3N3O8. The minimum absolute atomic E-state index is 0.00690. The van der Waals surface area contributed by atoms with Crippen molar-refractivity contribution in [3.05, 3.63) is 115 Å². The highest BCUT2D eigenvalue weighted by Gasteiger charge is 2.30. The van der Waals surface area contributed by atoms with E-state index >= 15 is 0 Å². The number of furan rings is 1. The molecule has 15 heteroatoms. The van der Waals surface area contributed by atoms with Crippen LogP contribution in [0.2, 0.25) is 5.02 Å². The molecule has 0 atom stereocenters. The second-order valence-electron chi connectivity index (χ2n) is 7.98. The molecule has 1 amide bonds. The highest BCUT2D eigenvalue weighted by Crippen LogP contribution is 2.35. The number of halogens is 4. The van der Waals surface area contributed by atoms with E-state index in [2.05, 4.69) is 5.32 Å². The molecule has 0 unspecified atom stereocenters. The van der Waals surface area contributed by atoms with Crippen LogP contribution in [0.1, 0.15) is 21.9 Å². The van der Waals surface area contributed by atoms with E-state index in [-0.39, 0.29) is 51.8 Å². The zero-order valence-corrected chi connectivity index (χ0v) is 20.6. The van der Waals surface area contributed by atoms with Crippen molar-refractivity contribution in [2.45, 2.75) is 12.8 Å². The van der Waals surface area contributed by atoms with Gasteiger partial charge in [0.15, 0.2) is 5.76 Å². The Hall–Kier alpha value is -5.11. The van der Waals surface area contributed by atoms with E-state index in [9.17, 15) is 38.2 Å². The van der Waals surface area contributed by atoms with Gasteiger partial charge in [-0.3, -0.25) is 25.0 Å². The summed E-state index contributed by atoms with van der Waals surface area (Å²) in [6.07, 6.45) is -4.62. The molecule has 0 aliphatic rings. The number of nitrogens with one attached hydrogen (secondary N) is 1. The summed E-state index contributed by atoms with van der Waals surface area (Å²) in [6, 6.07) is 13.5. The van der Waals surface area contributed by atoms with Crippen molar-refractivity contribution in [3.63, 3.8) is 0 Å². The van der Waals surface area contributed by atoms with Gasteiger partial charge < -0.3 is 19.2 Å². The number of alkyl halides is 3. The molecule has 1 heterocycles. The van der Waals surface area contributed by atoms with Crippen LogP contribution in [0, 0.1) is 20.2 Å². The number of benzene rings is 3. The fourth-order valence-electron chi connectivity index (χ4n) is 3.33. The van der Waals surface area contributed by atoms with Crippen LogP contribution < -0.4 is 14.8 Å². The maximum atomic E-state index is 13.0. The first-order valence-corrected chi connectivity index (χ1v) is 11.4. The smallest absolute Gasteiger partial charge is 0.416 e. The lowest BCUT2D eigenvalue weighted by molar-refractivity contribution is -0.385. The third-order valence-corrected chi connectivity index (χ3v) is 5.43. The quantitative estimate of drug-likeness (QED) is 0.160. The van der Waals surface area contributed by atoms with Crippen molar-refractivity contribution in [1.29, 1.82) is 0 Å². The number of rotatable bonds is 9. The monoisotopic (exact) mass is 577 g/mol. The van der Waals surface area contributed by atoms with Gasteiger partial charge in [-0.2, -0.15) is 13.2 Å². The van der Waals surface area contributed by atoms with Crippen LogP contribution in [-0.2, 0) is 12.8 Å². The number of non-ortho nitro benzene ring substituents is 2. The van der Waals surface area contributed by atoms with E-state index in [1.165, 1.54) is 36.4 Å². The molecule has 206 valence electrons. The topological polar surface area (TPSA) is 147 Å². The SMILES string of the molecule is O=C(Nc1cc(Oc2cccc(C(F)(F)F)c2)cc([N+](=O)[O-])c1)c1ccc(COc2ccc([N+](=O)[O-])cc2Cl)o1. The van der Waals surface area contributed by atoms with Gasteiger partial charge in [0.05, 0.1) is 32.2 Å². The lowest BCUT2D eigenvalue weighted by Crippen LogP contribution is -2.11. The fourth-order valence-corrected chi connectivity index (χ4v) is 3.56. The maximum absolute atomic E-state index is 13.0. The second kappa shape index (κ2) is 11.3. The van der Waals surface area contributed by atoms with Crippen molar-refractivity contribution in [2.24, 2.45) is 0 Å². The molecule has 0 radical (unpaired) electrons. The lowest BCUT2D eigenvalue weighted by Gasteiger charge is -2.11. The third-order valence-electron chi connectivity index (χ3n) is 5.14. The van der Waals surface area contributed by atoms with Crippen molar-refractivity contribution in [2.75, 3.05) is 5.32 Å². The number of ether oxygens (including phenoxy) is 2. The number of carbonyl (C=O) groups excluding carboxylic acids is 1. The van der Waals surface area contributed by atoms with Gasteiger partial charge in [-0.25, -0.2) is 0 Å². The summed E-state index contributed by atoms with van der Waals surface area (Å²) >= 11 is 5.98. The molecule has 0 fully saturated rings. The molecule has 0 saturated carbocycles. The minimum atomic E-state index is -4.62. The normalized spacial score (nSPS) is 11.1. The van der Waals surface area contributed by atoms with Crippen LogP contribution >= 0.6 is 11.6 Å². The number of anilines is 1. The number of nitro benzene ring substituents is 2. The minimum Gasteiger partial charge on any atom is -0.484 e. The Labute approximate surface area is 227 Å². The summed E-state index contributed by atoms with van der Waals surface area (Å²) in [4.78, 5) is 33.5. The Morgan fingerprint density at radius 1 is 0.925 bits per heavy atom. The van der Waals surface area contributed by atoms with Crippen molar-refractivity contribution >= 4 is 34.6 Å². The Kier molecular flexibility index (Phi) is 7.90. The standard InChI is InChI=1S/C25H15ClF3N3O8/c26-21-12-16(31(34)35)4-6-22(21)38-13-19-5-7-23(40-19)24(33)30-15-9-17(32(36)37)11-20(10-15)39-18-3-1-2-14(8-18)25(27,28)29/h1-12H,13H2,(H,30,33). The predicted molar refractivity (Wildman–Crippen MR) is 134 cm³/mol. The first-order chi connectivity index (χ1) is 18.9. The fraction of sp³-hybridized carbons (Fsp3) is 0.0800. The Morgan fingerprint density at radius 3 is 2.35 bits per heavy atom. The van der Waals surface area contributed by atoms with E-state index in [0.29, 0.717) is 0 Å². The number of amides is 1. The molecule has 3 aromatic carbocycles. The summed E-state index contributed by atoms with van der Waals surface area (Å²) in [7, 11) is 0. The van der Waals surface area contributed by atoms with E-state index in [4.69, 9.17) is 25.5 Å². The van der Waals surface area contributed by atoms with Crippen molar-refractivity contribution in [3.8, 4) is 17.2 Å². The number of hydrogen-bond donors (Lipinski definition) is 1. The summed E-state index contributed by atoms with van der Waals surface area (Å²) < 4.78 is 55.3. The number of nitro groups is 2. The van der Waals surface area contributed by atoms with Crippen LogP contribution in [0.3, 0.4) is 0 Å². The van der Waals surface area contributed by atoms with Gasteiger partial charge in [-0.05, 0) is 36.4 Å². The number of hydrogen-bond acceptors (Lipinski definition) is 8. The first-order valence-electron chi connectivity index (χ1n) is 11.0. The maximum Gasteiger partial charge on any atom is 0.416 e. The highest BCUT2D eigenvalue weighted by molar-refractivity contribution is 6.32. The molecule has 11 nitrogen and oxygen atoms in total. The Balaban J connectivity index is 1.46. The van der Waals surface area contributed by atoms with Gasteiger partial charge in [-0.1, -0.05) is 17.7 Å². The summed E-state index contributed by atoms with van der Waals surface area (Å²) in [6.45, 7) is -0.184. The molecule has 0 spiro atoms. The molecule has 0 aliphatic carbocycles.